The van der Waals surface area contributed by atoms with Crippen LogP contribution in [0.15, 0.2) is 54.6 Å². The van der Waals surface area contributed by atoms with Crippen molar-refractivity contribution in [1.82, 2.24) is 4.98 Å². The van der Waals surface area contributed by atoms with Crippen molar-refractivity contribution >= 4 is 25.0 Å². The number of ketones is 1. The maximum absolute atomic E-state index is 13.2. The number of carbonyl (C=O) groups is 1. The van der Waals surface area contributed by atoms with Gasteiger partial charge in [0.25, 0.3) is 0 Å². The van der Waals surface area contributed by atoms with Crippen LogP contribution < -0.4 is 4.90 Å². The normalized spacial score (nSPS) is 14.4. The van der Waals surface area contributed by atoms with Gasteiger partial charge in [0.15, 0.2) is 0 Å². The van der Waals surface area contributed by atoms with E-state index in [1.54, 1.807) is 0 Å². The number of benzene rings is 2. The van der Waals surface area contributed by atoms with Gasteiger partial charge in [0.2, 0.25) is 0 Å². The van der Waals surface area contributed by atoms with Gasteiger partial charge < -0.3 is 0 Å². The first kappa shape index (κ1) is 17.2. The average molecular weight is 411 g/mol. The Morgan fingerprint density at radius 2 is 1.73 bits per heavy atom. The fourth-order valence-corrected chi connectivity index (χ4v) is 5.29. The van der Waals surface area contributed by atoms with E-state index >= 15 is 0 Å². The summed E-state index contributed by atoms with van der Waals surface area (Å²) in [5.74, 6) is 0.0909. The number of ether oxygens (including phenoxy) is 1. The number of hydrogen-bond donors (Lipinski definition) is 0. The van der Waals surface area contributed by atoms with E-state index in [0.29, 0.717) is 0 Å². The zero-order chi connectivity index (χ0) is 17.9. The summed E-state index contributed by atoms with van der Waals surface area (Å²) in [5, 5.41) is 0. The zero-order valence-electron chi connectivity index (χ0n) is 14.6. The molecule has 0 atom stereocenters. The molecule has 0 radical (unpaired) electrons. The third kappa shape index (κ3) is 3.51. The second-order valence-corrected chi connectivity index (χ2v) is 8.39. The van der Waals surface area contributed by atoms with Crippen LogP contribution in [0.5, 0.6) is 0 Å². The van der Waals surface area contributed by atoms with E-state index in [1.807, 2.05) is 30.3 Å². The fraction of sp³-hybridized carbons (Fsp3) is 0.238. The van der Waals surface area contributed by atoms with Gasteiger partial charge in [-0.15, -0.1) is 0 Å². The minimum atomic E-state index is -0.0928. The Kier molecular flexibility index (Phi) is 5.02. The van der Waals surface area contributed by atoms with Crippen LogP contribution in [0.25, 0.3) is 11.3 Å². The zero-order valence-corrected chi connectivity index (χ0v) is 16.4. The summed E-state index contributed by atoms with van der Waals surface area (Å²) < 4.78 is 7.34. The first-order valence-corrected chi connectivity index (χ1v) is 10.4. The Morgan fingerprint density at radius 3 is 2.42 bits per heavy atom. The molecule has 1 fully saturated rings. The monoisotopic (exact) mass is 412 g/mol. The number of aryl methyl sites for hydroxylation is 1. The number of aromatic nitrogens is 1. The summed E-state index contributed by atoms with van der Waals surface area (Å²) in [6, 6.07) is 17.8. The van der Waals surface area contributed by atoms with E-state index in [1.165, 1.54) is 5.56 Å². The van der Waals surface area contributed by atoms with Crippen molar-refractivity contribution in [3.8, 4) is 11.3 Å². The molecule has 0 unspecified atom stereocenters. The summed E-state index contributed by atoms with van der Waals surface area (Å²) in [6.07, 6.45) is 0. The van der Waals surface area contributed by atoms with Gasteiger partial charge in [-0.05, 0) is 0 Å². The number of nitrogens with zero attached hydrogens (tertiary/aromatic N) is 2. The fourth-order valence-electron chi connectivity index (χ4n) is 2.98. The molecular formula is C21H20N2O2Se. The standard InChI is InChI=1S/C21H20N2O2Se/c1-15-7-9-16(10-8-15)18-20(19(24)17-5-3-2-4-6-17)26-21(22-18)23-11-13-25-14-12-23/h2-10H,11-14H2,1H3. The Labute approximate surface area is 159 Å². The SMILES string of the molecule is Cc1ccc(-c2nc(N3CCOCC3)[se]c2C(=O)c2ccccc2)cc1. The Bertz CT molecular complexity index is 898. The van der Waals surface area contributed by atoms with Crippen LogP contribution in [-0.4, -0.2) is 51.6 Å². The summed E-state index contributed by atoms with van der Waals surface area (Å²) in [5.41, 5.74) is 3.78. The molecule has 0 amide bonds. The van der Waals surface area contributed by atoms with Crippen molar-refractivity contribution in [3.63, 3.8) is 0 Å². The predicted octanol–water partition coefficient (Wildman–Crippen LogP) is 3.18. The van der Waals surface area contributed by atoms with Crippen LogP contribution in [-0.2, 0) is 4.74 Å². The van der Waals surface area contributed by atoms with Gasteiger partial charge in [0, 0.05) is 0 Å². The third-order valence-corrected chi connectivity index (χ3v) is 6.80. The van der Waals surface area contributed by atoms with Gasteiger partial charge in [-0.25, -0.2) is 0 Å². The molecule has 4 nitrogen and oxygen atoms in total. The first-order chi connectivity index (χ1) is 12.7. The van der Waals surface area contributed by atoms with Gasteiger partial charge in [-0.1, -0.05) is 0 Å². The van der Waals surface area contributed by atoms with Crippen LogP contribution in [0.2, 0.25) is 0 Å². The van der Waals surface area contributed by atoms with Crippen LogP contribution in [0, 0.1) is 6.92 Å². The summed E-state index contributed by atoms with van der Waals surface area (Å²) in [6.45, 7) is 5.19. The first-order valence-electron chi connectivity index (χ1n) is 8.73. The number of hydrogen-bond acceptors (Lipinski definition) is 4. The van der Waals surface area contributed by atoms with E-state index < -0.39 is 0 Å². The predicted molar refractivity (Wildman–Crippen MR) is 104 cm³/mol. The molecule has 0 N–H and O–H groups in total. The quantitative estimate of drug-likeness (QED) is 0.489. The van der Waals surface area contributed by atoms with Gasteiger partial charge in [0.05, 0.1) is 0 Å². The van der Waals surface area contributed by atoms with Gasteiger partial charge in [-0.2, -0.15) is 0 Å². The van der Waals surface area contributed by atoms with Crippen LogP contribution in [0.3, 0.4) is 0 Å². The minimum absolute atomic E-state index is 0.0909. The summed E-state index contributed by atoms with van der Waals surface area (Å²) >= 11 is -0.0928. The molecule has 1 aliphatic rings. The molecule has 4 rings (SSSR count). The van der Waals surface area contributed by atoms with Crippen molar-refractivity contribution in [1.29, 1.82) is 0 Å². The number of carbonyl (C=O) groups excluding carboxylic acids is 1. The molecule has 0 saturated carbocycles. The number of rotatable bonds is 4. The van der Waals surface area contributed by atoms with E-state index in [0.717, 1.165) is 52.3 Å². The van der Waals surface area contributed by atoms with E-state index in [9.17, 15) is 4.79 Å². The van der Waals surface area contributed by atoms with Crippen LogP contribution in [0.1, 0.15) is 20.4 Å². The molecule has 0 bridgehead atoms. The number of anilines is 1. The summed E-state index contributed by atoms with van der Waals surface area (Å²) in [7, 11) is 0. The molecule has 1 aliphatic heterocycles. The third-order valence-electron chi connectivity index (χ3n) is 4.46. The molecule has 5 heteroatoms. The van der Waals surface area contributed by atoms with E-state index in [4.69, 9.17) is 9.72 Å². The second kappa shape index (κ2) is 7.58. The van der Waals surface area contributed by atoms with Crippen molar-refractivity contribution in [2.75, 3.05) is 31.2 Å². The topological polar surface area (TPSA) is 42.4 Å². The molecule has 0 aliphatic carbocycles. The Hall–Kier alpha value is -2.20. The van der Waals surface area contributed by atoms with Gasteiger partial charge in [0.1, 0.15) is 0 Å². The Balaban J connectivity index is 1.78. The van der Waals surface area contributed by atoms with Gasteiger partial charge in [-0.3, -0.25) is 0 Å². The van der Waals surface area contributed by atoms with Crippen molar-refractivity contribution in [3.05, 3.63) is 70.2 Å². The Morgan fingerprint density at radius 1 is 1.04 bits per heavy atom. The molecule has 2 heterocycles. The van der Waals surface area contributed by atoms with E-state index in [2.05, 4.69) is 36.1 Å². The van der Waals surface area contributed by atoms with Crippen molar-refractivity contribution in [2.45, 2.75) is 6.92 Å². The molecule has 2 aromatic carbocycles. The maximum atomic E-state index is 13.2. The van der Waals surface area contributed by atoms with Crippen molar-refractivity contribution in [2.24, 2.45) is 0 Å². The molecule has 26 heavy (non-hydrogen) atoms. The second-order valence-electron chi connectivity index (χ2n) is 6.33. The molecular weight excluding hydrogens is 391 g/mol. The van der Waals surface area contributed by atoms with Gasteiger partial charge >= 0.3 is 159 Å². The molecule has 1 saturated heterocycles. The van der Waals surface area contributed by atoms with Crippen LogP contribution in [0.4, 0.5) is 4.69 Å². The molecule has 1 aromatic heterocycles. The van der Waals surface area contributed by atoms with E-state index in [-0.39, 0.29) is 20.3 Å². The summed E-state index contributed by atoms with van der Waals surface area (Å²) in [4.78, 5) is 20.3. The average Bonchev–Trinajstić information content (AvgIpc) is 3.15. The van der Waals surface area contributed by atoms with Crippen molar-refractivity contribution < 1.29 is 9.53 Å². The molecule has 132 valence electrons. The van der Waals surface area contributed by atoms with Crippen LogP contribution >= 0.6 is 0 Å². The molecule has 0 spiro atoms. The number of morpholine rings is 1. The molecule has 3 aromatic rings.